The Kier molecular flexibility index (Phi) is 6.67. The molecule has 0 amide bonds. The van der Waals surface area contributed by atoms with Crippen LogP contribution < -0.4 is 5.32 Å². The van der Waals surface area contributed by atoms with Crippen LogP contribution in [-0.4, -0.2) is 25.3 Å². The smallest absolute Gasteiger partial charge is 0.103 e. The Hall–Kier alpha value is -0.590. The molecule has 0 aromatic carbocycles. The quantitative estimate of drug-likeness (QED) is 0.707. The molecule has 0 spiro atoms. The number of hydrogen-bond acceptors (Lipinski definition) is 3. The largest absolute Gasteiger partial charge is 0.378 e. The van der Waals surface area contributed by atoms with Crippen molar-refractivity contribution in [3.63, 3.8) is 0 Å². The van der Waals surface area contributed by atoms with Crippen LogP contribution in [-0.2, 0) is 4.74 Å². The molecule has 1 saturated carbocycles. The van der Waals surface area contributed by atoms with E-state index in [-0.39, 0.29) is 0 Å². The monoisotopic (exact) mass is 252 g/mol. The van der Waals surface area contributed by atoms with E-state index in [1.165, 1.54) is 32.1 Å². The Morgan fingerprint density at radius 2 is 2.11 bits per heavy atom. The number of hydrogen-bond donors (Lipinski definition) is 1. The third kappa shape index (κ3) is 4.59. The fraction of sp³-hybridized carbons (Fsp3) is 0.933. The SMILES string of the molecule is CCC1CCCCC1OCCCC(C)(C#N)NC. The average Bonchev–Trinajstić information content (AvgIpc) is 2.43. The summed E-state index contributed by atoms with van der Waals surface area (Å²) in [5, 5.41) is 12.1. The van der Waals surface area contributed by atoms with Crippen LogP contribution in [0.1, 0.15) is 58.8 Å². The molecule has 1 rings (SSSR count). The molecular weight excluding hydrogens is 224 g/mol. The van der Waals surface area contributed by atoms with Crippen molar-refractivity contribution in [2.45, 2.75) is 70.4 Å². The van der Waals surface area contributed by atoms with Gasteiger partial charge in [0.1, 0.15) is 5.54 Å². The van der Waals surface area contributed by atoms with Gasteiger partial charge in [-0.1, -0.05) is 26.2 Å². The lowest BCUT2D eigenvalue weighted by Gasteiger charge is -2.31. The van der Waals surface area contributed by atoms with E-state index in [9.17, 15) is 0 Å². The summed E-state index contributed by atoms with van der Waals surface area (Å²) in [6, 6.07) is 2.32. The number of nitrogens with zero attached hydrogens (tertiary/aromatic N) is 1. The highest BCUT2D eigenvalue weighted by atomic mass is 16.5. The first-order valence-electron chi connectivity index (χ1n) is 7.37. The fourth-order valence-electron chi connectivity index (χ4n) is 2.76. The molecular formula is C15H28N2O. The van der Waals surface area contributed by atoms with E-state index in [0.29, 0.717) is 6.10 Å². The fourth-order valence-corrected chi connectivity index (χ4v) is 2.76. The second-order valence-corrected chi connectivity index (χ2v) is 5.66. The summed E-state index contributed by atoms with van der Waals surface area (Å²) in [5.41, 5.74) is -0.403. The van der Waals surface area contributed by atoms with Crippen LogP contribution in [0.4, 0.5) is 0 Å². The van der Waals surface area contributed by atoms with E-state index in [2.05, 4.69) is 18.3 Å². The molecule has 0 aromatic rings. The zero-order valence-corrected chi connectivity index (χ0v) is 12.2. The standard InChI is InChI=1S/C15H28N2O/c1-4-13-8-5-6-9-14(13)18-11-7-10-15(2,12-16)17-3/h13-14,17H,4-11H2,1-3H3. The highest BCUT2D eigenvalue weighted by molar-refractivity contribution is 5.02. The van der Waals surface area contributed by atoms with Gasteiger partial charge in [0.05, 0.1) is 12.2 Å². The predicted octanol–water partition coefficient (Wildman–Crippen LogP) is 3.25. The van der Waals surface area contributed by atoms with E-state index in [0.717, 1.165) is 25.4 Å². The molecule has 104 valence electrons. The van der Waals surface area contributed by atoms with Crippen molar-refractivity contribution in [1.29, 1.82) is 5.26 Å². The first-order valence-corrected chi connectivity index (χ1v) is 7.37. The van der Waals surface area contributed by atoms with E-state index >= 15 is 0 Å². The van der Waals surface area contributed by atoms with Gasteiger partial charge < -0.3 is 10.1 Å². The Morgan fingerprint density at radius 1 is 1.39 bits per heavy atom. The van der Waals surface area contributed by atoms with Crippen LogP contribution in [0.3, 0.4) is 0 Å². The van der Waals surface area contributed by atoms with E-state index in [1.54, 1.807) is 0 Å². The third-order valence-corrected chi connectivity index (χ3v) is 4.32. The molecule has 0 aromatic heterocycles. The summed E-state index contributed by atoms with van der Waals surface area (Å²) in [5.74, 6) is 0.755. The lowest BCUT2D eigenvalue weighted by molar-refractivity contribution is -0.0144. The molecule has 1 fully saturated rings. The minimum atomic E-state index is -0.403. The van der Waals surface area contributed by atoms with Gasteiger partial charge >= 0.3 is 0 Å². The molecule has 1 N–H and O–H groups in total. The summed E-state index contributed by atoms with van der Waals surface area (Å²) in [4.78, 5) is 0. The van der Waals surface area contributed by atoms with Crippen LogP contribution in [0.15, 0.2) is 0 Å². The first-order chi connectivity index (χ1) is 8.65. The lowest BCUT2D eigenvalue weighted by atomic mass is 9.85. The minimum Gasteiger partial charge on any atom is -0.378 e. The average molecular weight is 252 g/mol. The molecule has 0 radical (unpaired) electrons. The summed E-state index contributed by atoms with van der Waals surface area (Å²) in [6.07, 6.45) is 8.73. The van der Waals surface area contributed by atoms with E-state index in [4.69, 9.17) is 10.00 Å². The van der Waals surface area contributed by atoms with Gasteiger partial charge in [0.2, 0.25) is 0 Å². The maximum absolute atomic E-state index is 9.06. The van der Waals surface area contributed by atoms with Crippen LogP contribution in [0.5, 0.6) is 0 Å². The van der Waals surface area contributed by atoms with Crippen molar-refractivity contribution >= 4 is 0 Å². The van der Waals surface area contributed by atoms with Crippen LogP contribution in [0.25, 0.3) is 0 Å². The summed E-state index contributed by atoms with van der Waals surface area (Å²) in [6.45, 7) is 5.00. The van der Waals surface area contributed by atoms with Crippen molar-refractivity contribution in [3.8, 4) is 6.07 Å². The molecule has 3 atom stereocenters. The molecule has 0 saturated heterocycles. The van der Waals surface area contributed by atoms with Crippen molar-refractivity contribution in [2.75, 3.05) is 13.7 Å². The minimum absolute atomic E-state index is 0.403. The zero-order valence-electron chi connectivity index (χ0n) is 12.2. The molecule has 18 heavy (non-hydrogen) atoms. The van der Waals surface area contributed by atoms with Crippen LogP contribution in [0.2, 0.25) is 0 Å². The van der Waals surface area contributed by atoms with Crippen molar-refractivity contribution in [3.05, 3.63) is 0 Å². The molecule has 1 aliphatic rings. The second kappa shape index (κ2) is 7.76. The molecule has 0 bridgehead atoms. The Labute approximate surface area is 112 Å². The third-order valence-electron chi connectivity index (χ3n) is 4.32. The summed E-state index contributed by atoms with van der Waals surface area (Å²) >= 11 is 0. The molecule has 3 heteroatoms. The number of nitriles is 1. The van der Waals surface area contributed by atoms with Gasteiger partial charge in [-0.15, -0.1) is 0 Å². The normalized spacial score (nSPS) is 27.4. The maximum Gasteiger partial charge on any atom is 0.103 e. The van der Waals surface area contributed by atoms with Gasteiger partial charge in [-0.3, -0.25) is 0 Å². The number of rotatable bonds is 7. The van der Waals surface area contributed by atoms with Gasteiger partial charge in [0.25, 0.3) is 0 Å². The van der Waals surface area contributed by atoms with Gasteiger partial charge in [-0.2, -0.15) is 5.26 Å². The van der Waals surface area contributed by atoms with Crippen LogP contribution >= 0.6 is 0 Å². The van der Waals surface area contributed by atoms with Gasteiger partial charge in [-0.25, -0.2) is 0 Å². The summed E-state index contributed by atoms with van der Waals surface area (Å²) in [7, 11) is 1.85. The van der Waals surface area contributed by atoms with Crippen molar-refractivity contribution in [2.24, 2.45) is 5.92 Å². The Balaban J connectivity index is 2.23. The predicted molar refractivity (Wildman–Crippen MR) is 74.3 cm³/mol. The summed E-state index contributed by atoms with van der Waals surface area (Å²) < 4.78 is 6.03. The second-order valence-electron chi connectivity index (χ2n) is 5.66. The van der Waals surface area contributed by atoms with E-state index < -0.39 is 5.54 Å². The van der Waals surface area contributed by atoms with Crippen LogP contribution in [0, 0.1) is 17.2 Å². The topological polar surface area (TPSA) is 45.0 Å². The molecule has 0 heterocycles. The Bertz CT molecular complexity index is 274. The number of ether oxygens (including phenoxy) is 1. The van der Waals surface area contributed by atoms with Crippen molar-refractivity contribution < 1.29 is 4.74 Å². The molecule has 3 unspecified atom stereocenters. The van der Waals surface area contributed by atoms with Gasteiger partial charge in [-0.05, 0) is 45.6 Å². The maximum atomic E-state index is 9.06. The van der Waals surface area contributed by atoms with Gasteiger partial charge in [0, 0.05) is 6.61 Å². The molecule has 3 nitrogen and oxygen atoms in total. The lowest BCUT2D eigenvalue weighted by Crippen LogP contribution is -2.38. The number of nitrogens with one attached hydrogen (secondary N) is 1. The first kappa shape index (κ1) is 15.5. The zero-order chi connectivity index (χ0) is 13.4. The highest BCUT2D eigenvalue weighted by Gasteiger charge is 2.25. The molecule has 0 aliphatic heterocycles. The Morgan fingerprint density at radius 3 is 2.72 bits per heavy atom. The van der Waals surface area contributed by atoms with E-state index in [1.807, 2.05) is 14.0 Å². The highest BCUT2D eigenvalue weighted by Crippen LogP contribution is 2.29. The molecule has 1 aliphatic carbocycles. The van der Waals surface area contributed by atoms with Crippen molar-refractivity contribution in [1.82, 2.24) is 5.32 Å². The van der Waals surface area contributed by atoms with Gasteiger partial charge in [0.15, 0.2) is 0 Å².